The maximum absolute atomic E-state index is 14.1. The molecule has 26 heteroatoms. The summed E-state index contributed by atoms with van der Waals surface area (Å²) in [6, 6.07) is 25.2. The highest BCUT2D eigenvalue weighted by Gasteiger charge is 2.51. The van der Waals surface area contributed by atoms with Crippen LogP contribution in [0.5, 0.6) is 0 Å². The Morgan fingerprint density at radius 3 is 1.20 bits per heavy atom. The molecule has 4 aromatic carbocycles. The summed E-state index contributed by atoms with van der Waals surface area (Å²) in [5, 5.41) is 132. The topological polar surface area (TPSA) is 400 Å². The van der Waals surface area contributed by atoms with Crippen LogP contribution in [0, 0.1) is 10.8 Å². The van der Waals surface area contributed by atoms with E-state index in [1.807, 2.05) is 87.4 Å². The summed E-state index contributed by atoms with van der Waals surface area (Å²) in [6.45, 7) is 7.39. The van der Waals surface area contributed by atoms with E-state index in [0.717, 1.165) is 55.5 Å². The van der Waals surface area contributed by atoms with Gasteiger partial charge in [-0.3, -0.25) is 9.59 Å². The number of amides is 2. The van der Waals surface area contributed by atoms with Crippen LogP contribution in [0.15, 0.2) is 94.7 Å². The molecule has 24 nitrogen and oxygen atoms in total. The van der Waals surface area contributed by atoms with Crippen molar-refractivity contribution in [2.45, 2.75) is 213 Å². The van der Waals surface area contributed by atoms with Crippen molar-refractivity contribution in [2.24, 2.45) is 10.8 Å². The number of carbonyl (C=O) groups excluding carboxylic acids is 2. The number of carbonyl (C=O) groups is 2. The minimum absolute atomic E-state index is 0.0545. The predicted octanol–water partition coefficient (Wildman–Crippen LogP) is 4.29. The summed E-state index contributed by atoms with van der Waals surface area (Å²) in [5.74, 6) is -1.96. The van der Waals surface area contributed by atoms with Crippen LogP contribution in [0.25, 0.3) is 0 Å². The molecule has 0 saturated carbocycles. The number of aliphatic hydroxyl groups excluding tert-OH is 12. The van der Waals surface area contributed by atoms with Gasteiger partial charge in [-0.2, -0.15) is 0 Å². The third-order valence-electron chi connectivity index (χ3n) is 19.4. The highest BCUT2D eigenvalue weighted by atomic mass is 32.2. The quantitative estimate of drug-likeness (QED) is 0.0278. The van der Waals surface area contributed by atoms with Crippen molar-refractivity contribution >= 4 is 54.2 Å². The van der Waals surface area contributed by atoms with Gasteiger partial charge in [0, 0.05) is 99.5 Å². The van der Waals surface area contributed by atoms with Crippen molar-refractivity contribution in [1.29, 1.82) is 0 Å². The van der Waals surface area contributed by atoms with Crippen molar-refractivity contribution in [3.8, 4) is 0 Å². The van der Waals surface area contributed by atoms with Crippen LogP contribution in [0.1, 0.15) is 165 Å². The molecule has 2 aliphatic heterocycles. The number of aliphatic hydroxyl groups is 12. The zero-order valence-electron chi connectivity index (χ0n) is 58.5. The standard InChI is InChI=1S/C37H59N3O9S.C35H55N3O9S/c1-5-7-17-37(18-8-6-2)24-50(48,49)31-16-15-27(40(3)4)21-28(31)33(36(37)47)25-12-11-13-26(20-25)39-32(44)14-9-10-19-38-22-29(42)34(45)35(46)30(43)23-41;1-5-7-16-35(6-2)22-48(46,47)29-15-14-25(38(3)4)19-26(29)31(34(35)45)23-11-10-12-24(18-23)37-30(42)13-8-9-17-36-20-27(40)32(43)33(44)28(41)21-39/h11-13,15-16,20-21,29-30,33-36,38,41-43,45-47H,5-10,14,17-19,22-24H2,1-4H3,(H,39,44);10-12,14-15,18-19,27-28,31-34,36,39-41,43-45H,5-9,13,16-17,20-22H2,1-4H3,(H,37,42)/t29-,30+,33-,34+,35+,36-;27-,28+,31-,32+,33+,34-,35-/m00/s1. The van der Waals surface area contributed by atoms with Gasteiger partial charge in [-0.15, -0.1) is 0 Å². The lowest BCUT2D eigenvalue weighted by molar-refractivity contribution is -0.117. The Bertz CT molecular complexity index is 3340. The van der Waals surface area contributed by atoms with Crippen molar-refractivity contribution in [1.82, 2.24) is 10.6 Å². The van der Waals surface area contributed by atoms with Gasteiger partial charge in [0.15, 0.2) is 19.7 Å². The number of anilines is 4. The number of hydrogen-bond acceptors (Lipinski definition) is 22. The van der Waals surface area contributed by atoms with Gasteiger partial charge in [-0.05, 0) is 147 Å². The maximum Gasteiger partial charge on any atom is 0.224 e. The van der Waals surface area contributed by atoms with Crippen molar-refractivity contribution < 1.29 is 87.7 Å². The van der Waals surface area contributed by atoms with Crippen LogP contribution in [-0.2, 0) is 29.3 Å². The van der Waals surface area contributed by atoms with Gasteiger partial charge in [-0.25, -0.2) is 16.8 Å². The van der Waals surface area contributed by atoms with Crippen LogP contribution >= 0.6 is 0 Å². The summed E-state index contributed by atoms with van der Waals surface area (Å²) in [6.07, 6.45) is -4.52. The second kappa shape index (κ2) is 39.3. The van der Waals surface area contributed by atoms with E-state index >= 15 is 0 Å². The molecule has 2 amide bonds. The molecule has 0 radical (unpaired) electrons. The summed E-state index contributed by atoms with van der Waals surface area (Å²) in [5.41, 5.74) is 3.59. The minimum atomic E-state index is -3.74. The molecule has 0 spiro atoms. The van der Waals surface area contributed by atoms with E-state index in [-0.39, 0.29) is 59.0 Å². The third kappa shape index (κ3) is 22.4. The molecule has 0 aromatic heterocycles. The highest BCUT2D eigenvalue weighted by molar-refractivity contribution is 7.91. The van der Waals surface area contributed by atoms with Crippen LogP contribution in [0.4, 0.5) is 22.7 Å². The van der Waals surface area contributed by atoms with Gasteiger partial charge in [-0.1, -0.05) is 90.5 Å². The van der Waals surface area contributed by atoms with E-state index in [9.17, 15) is 77.5 Å². The van der Waals surface area contributed by atoms with E-state index in [1.165, 1.54) is 0 Å². The van der Waals surface area contributed by atoms with E-state index < -0.39 is 117 Å². The average Bonchev–Trinajstić information content (AvgIpc) is 1.56. The second-order valence-corrected chi connectivity index (χ2v) is 31.2. The van der Waals surface area contributed by atoms with Crippen LogP contribution in [-0.4, -0.2) is 230 Å². The minimum Gasteiger partial charge on any atom is -0.394 e. The van der Waals surface area contributed by atoms with Gasteiger partial charge in [0.25, 0.3) is 0 Å². The third-order valence-corrected chi connectivity index (χ3v) is 23.4. The van der Waals surface area contributed by atoms with Gasteiger partial charge >= 0.3 is 0 Å². The molecule has 0 fully saturated rings. The molecule has 16 N–H and O–H groups in total. The first-order chi connectivity index (χ1) is 46.4. The monoisotopic (exact) mass is 1410 g/mol. The maximum atomic E-state index is 14.1. The van der Waals surface area contributed by atoms with Gasteiger partial charge in [0.05, 0.1) is 58.9 Å². The van der Waals surface area contributed by atoms with Crippen LogP contribution in [0.3, 0.4) is 0 Å². The highest BCUT2D eigenvalue weighted by Crippen LogP contribution is 2.52. The number of rotatable bonds is 38. The van der Waals surface area contributed by atoms with E-state index in [1.54, 1.807) is 42.5 Å². The Morgan fingerprint density at radius 2 is 0.847 bits per heavy atom. The molecular weight excluding hydrogens is 1300 g/mol. The van der Waals surface area contributed by atoms with E-state index in [4.69, 9.17) is 10.2 Å². The smallest absolute Gasteiger partial charge is 0.224 e. The Morgan fingerprint density at radius 1 is 0.490 bits per heavy atom. The van der Waals surface area contributed by atoms with Gasteiger partial charge < -0.3 is 92.3 Å². The lowest BCUT2D eigenvalue weighted by Gasteiger charge is -2.40. The number of fused-ring (bicyclic) bond motifs is 2. The fourth-order valence-corrected chi connectivity index (χ4v) is 17.8. The number of sulfone groups is 2. The number of nitrogens with zero attached hydrogens (tertiary/aromatic N) is 2. The van der Waals surface area contributed by atoms with Crippen molar-refractivity contribution in [2.75, 3.05) is 99.5 Å². The molecule has 0 aliphatic carbocycles. The summed E-state index contributed by atoms with van der Waals surface area (Å²) in [4.78, 5) is 30.1. The molecule has 0 unspecified atom stereocenters. The Labute approximate surface area is 580 Å². The lowest BCUT2D eigenvalue weighted by Crippen LogP contribution is -2.49. The first kappa shape index (κ1) is 83.4. The Kier molecular flexibility index (Phi) is 33.4. The lowest BCUT2D eigenvalue weighted by atomic mass is 9.68. The molecule has 98 heavy (non-hydrogen) atoms. The summed E-state index contributed by atoms with van der Waals surface area (Å²) >= 11 is 0. The van der Waals surface area contributed by atoms with E-state index in [2.05, 4.69) is 42.0 Å². The average molecular weight is 1420 g/mol. The van der Waals surface area contributed by atoms with Crippen molar-refractivity contribution in [3.63, 3.8) is 0 Å². The first-order valence-corrected chi connectivity index (χ1v) is 38.0. The number of unbranched alkanes of at least 4 members (excludes halogenated alkanes) is 5. The SMILES string of the molecule is CCCCC1(CCCC)CS(=O)(=O)c2ccc(N(C)C)cc2[C@H](c2cccc(NC(=O)CCCCNC[C@H](O)[C@@H](O)[C@H](O)[C@H](O)CO)c2)[C@@H]1O.CCCC[C@@]1(CC)CS(=O)(=O)c2ccc(N(C)C)cc2[C@H](c2cccc(NC(=O)CCCCNC[C@H](O)[C@@H](O)[C@H](O)[C@H](O)CO)c2)[C@@H]1O. The molecule has 13 atom stereocenters. The molecule has 0 bridgehead atoms. The zero-order chi connectivity index (χ0) is 72.7. The Balaban J connectivity index is 0.000000354. The van der Waals surface area contributed by atoms with Gasteiger partial charge in [0.1, 0.15) is 36.6 Å². The van der Waals surface area contributed by atoms with Gasteiger partial charge in [0.2, 0.25) is 11.8 Å². The van der Waals surface area contributed by atoms with Crippen molar-refractivity contribution in [3.05, 3.63) is 107 Å². The molecule has 0 saturated heterocycles. The predicted molar refractivity (Wildman–Crippen MR) is 381 cm³/mol. The largest absolute Gasteiger partial charge is 0.394 e. The molecule has 6 rings (SSSR count). The molecule has 2 heterocycles. The fourth-order valence-electron chi connectivity index (χ4n) is 13.4. The molecule has 4 aromatic rings. The zero-order valence-corrected chi connectivity index (χ0v) is 60.1. The van der Waals surface area contributed by atoms with Crippen LogP contribution in [0.2, 0.25) is 0 Å². The van der Waals surface area contributed by atoms with Crippen LogP contribution < -0.4 is 31.1 Å². The first-order valence-electron chi connectivity index (χ1n) is 34.7. The number of nitrogens with one attached hydrogen (secondary N) is 4. The normalized spacial score (nSPS) is 21.8. The summed E-state index contributed by atoms with van der Waals surface area (Å²) in [7, 11) is 0.0950. The number of benzene rings is 4. The summed E-state index contributed by atoms with van der Waals surface area (Å²) < 4.78 is 56.0. The molecular formula is C72H114N6O18S2. The molecule has 2 aliphatic rings. The second-order valence-electron chi connectivity index (χ2n) is 27.3. The number of hydrogen-bond donors (Lipinski definition) is 16. The van der Waals surface area contributed by atoms with E-state index in [0.29, 0.717) is 92.5 Å². The molecule has 552 valence electrons. The Hall–Kier alpha value is -5.24. The fraction of sp³-hybridized carbons (Fsp3) is 0.639.